The van der Waals surface area contributed by atoms with Gasteiger partial charge >= 0.3 is 0 Å². The van der Waals surface area contributed by atoms with Crippen molar-refractivity contribution in [3.8, 4) is 5.75 Å². The molecule has 0 aliphatic carbocycles. The number of rotatable bonds is 7. The Kier molecular flexibility index (Phi) is 8.09. The Labute approximate surface area is 156 Å². The molecule has 1 unspecified atom stereocenters. The molecule has 0 amide bonds. The number of piperidine rings is 1. The smallest absolute Gasteiger partial charge is 0.191 e. The van der Waals surface area contributed by atoms with Gasteiger partial charge in [-0.25, -0.2) is 0 Å². The van der Waals surface area contributed by atoms with E-state index in [0.29, 0.717) is 23.4 Å². The van der Waals surface area contributed by atoms with Crippen molar-refractivity contribution in [2.45, 2.75) is 31.9 Å². The average Bonchev–Trinajstić information content (AvgIpc) is 2.62. The number of halogens is 1. The predicted molar refractivity (Wildman–Crippen MR) is 106 cm³/mol. The monoisotopic (exact) mass is 364 g/mol. The lowest BCUT2D eigenvalue weighted by Gasteiger charge is -2.32. The fraction of sp³-hybridized carbons (Fsp3) is 0.526. The maximum absolute atomic E-state index is 6.13. The van der Waals surface area contributed by atoms with Gasteiger partial charge in [0, 0.05) is 32.7 Å². The first-order valence-electron chi connectivity index (χ1n) is 8.84. The Bertz CT molecular complexity index is 570. The third-order valence-corrected chi connectivity index (χ3v) is 4.57. The van der Waals surface area contributed by atoms with Crippen LogP contribution < -0.4 is 15.4 Å². The second kappa shape index (κ2) is 10.3. The van der Waals surface area contributed by atoms with Crippen LogP contribution in [0.1, 0.15) is 19.8 Å². The maximum atomic E-state index is 6.13. The second-order valence-corrected chi connectivity index (χ2v) is 6.73. The first kappa shape index (κ1) is 19.6. The lowest BCUT2D eigenvalue weighted by Crippen LogP contribution is -2.50. The summed E-state index contributed by atoms with van der Waals surface area (Å²) in [5, 5.41) is 7.47. The molecule has 0 bridgehead atoms. The molecule has 2 N–H and O–H groups in total. The van der Waals surface area contributed by atoms with Crippen LogP contribution in [-0.4, -0.2) is 56.2 Å². The lowest BCUT2D eigenvalue weighted by atomic mass is 10.1. The Morgan fingerprint density at radius 2 is 2.16 bits per heavy atom. The lowest BCUT2D eigenvalue weighted by molar-refractivity contribution is 0.219. The van der Waals surface area contributed by atoms with E-state index >= 15 is 0 Å². The molecule has 0 spiro atoms. The molecule has 1 aliphatic rings. The molecule has 0 aromatic heterocycles. The standard InChI is InChI=1S/C19H29ClN4O/c1-4-11-24-12-9-16(10-13-24)23-19(21-3)22-14-15(2)25-18-8-6-5-7-17(18)20/h4-8,15-16H,1,9-14H2,2-3H3,(H2,21,22,23). The van der Waals surface area contributed by atoms with Gasteiger partial charge in [0.25, 0.3) is 0 Å². The van der Waals surface area contributed by atoms with E-state index in [0.717, 1.165) is 38.4 Å². The Hall–Kier alpha value is -1.72. The molecule has 2 rings (SSSR count). The molecule has 1 fully saturated rings. The minimum Gasteiger partial charge on any atom is -0.487 e. The summed E-state index contributed by atoms with van der Waals surface area (Å²) in [5.41, 5.74) is 0. The van der Waals surface area contributed by atoms with Gasteiger partial charge in [-0.3, -0.25) is 9.89 Å². The van der Waals surface area contributed by atoms with E-state index in [1.807, 2.05) is 37.3 Å². The van der Waals surface area contributed by atoms with Gasteiger partial charge in [0.2, 0.25) is 0 Å². The zero-order valence-electron chi connectivity index (χ0n) is 15.2. The van der Waals surface area contributed by atoms with Crippen LogP contribution in [0.25, 0.3) is 0 Å². The van der Waals surface area contributed by atoms with Crippen molar-refractivity contribution in [3.63, 3.8) is 0 Å². The molecule has 0 saturated carbocycles. The highest BCUT2D eigenvalue weighted by atomic mass is 35.5. The molecule has 138 valence electrons. The highest BCUT2D eigenvalue weighted by Crippen LogP contribution is 2.24. The third-order valence-electron chi connectivity index (χ3n) is 4.26. The summed E-state index contributed by atoms with van der Waals surface area (Å²) in [4.78, 5) is 6.73. The number of likely N-dealkylation sites (tertiary alicyclic amines) is 1. The van der Waals surface area contributed by atoms with E-state index in [9.17, 15) is 0 Å². The zero-order valence-corrected chi connectivity index (χ0v) is 15.9. The van der Waals surface area contributed by atoms with Crippen molar-refractivity contribution in [1.29, 1.82) is 0 Å². The average molecular weight is 365 g/mol. The number of aliphatic imine (C=N–C) groups is 1. The van der Waals surface area contributed by atoms with E-state index in [-0.39, 0.29) is 6.10 Å². The summed E-state index contributed by atoms with van der Waals surface area (Å²) in [7, 11) is 1.79. The fourth-order valence-electron chi connectivity index (χ4n) is 2.87. The molecular formula is C19H29ClN4O. The largest absolute Gasteiger partial charge is 0.487 e. The SMILES string of the molecule is C=CCN1CCC(NC(=NC)NCC(C)Oc2ccccc2Cl)CC1. The van der Waals surface area contributed by atoms with E-state index in [1.54, 1.807) is 7.05 Å². The highest BCUT2D eigenvalue weighted by molar-refractivity contribution is 6.32. The van der Waals surface area contributed by atoms with Gasteiger partial charge in [-0.1, -0.05) is 29.8 Å². The van der Waals surface area contributed by atoms with E-state index in [1.165, 1.54) is 0 Å². The first-order chi connectivity index (χ1) is 12.1. The summed E-state index contributed by atoms with van der Waals surface area (Å²) in [6.45, 7) is 9.62. The number of nitrogens with zero attached hydrogens (tertiary/aromatic N) is 2. The molecule has 1 aromatic carbocycles. The number of nitrogens with one attached hydrogen (secondary N) is 2. The molecule has 1 heterocycles. The number of para-hydroxylation sites is 1. The normalized spacial score (nSPS) is 17.8. The van der Waals surface area contributed by atoms with E-state index < -0.39 is 0 Å². The molecule has 25 heavy (non-hydrogen) atoms. The van der Waals surface area contributed by atoms with Crippen LogP contribution in [0, 0.1) is 0 Å². The van der Waals surface area contributed by atoms with Crippen molar-refractivity contribution in [3.05, 3.63) is 41.9 Å². The topological polar surface area (TPSA) is 48.9 Å². The van der Waals surface area contributed by atoms with Crippen molar-refractivity contribution >= 4 is 17.6 Å². The van der Waals surface area contributed by atoms with Crippen LogP contribution in [0.4, 0.5) is 0 Å². The molecule has 1 aliphatic heterocycles. The van der Waals surface area contributed by atoms with Crippen molar-refractivity contribution in [1.82, 2.24) is 15.5 Å². The number of ether oxygens (including phenoxy) is 1. The molecule has 5 nitrogen and oxygen atoms in total. The van der Waals surface area contributed by atoms with Crippen molar-refractivity contribution in [2.24, 2.45) is 4.99 Å². The van der Waals surface area contributed by atoms with Crippen LogP contribution in [0.3, 0.4) is 0 Å². The highest BCUT2D eigenvalue weighted by Gasteiger charge is 2.19. The van der Waals surface area contributed by atoms with Gasteiger partial charge in [-0.05, 0) is 31.9 Å². The third kappa shape index (κ3) is 6.59. The van der Waals surface area contributed by atoms with Gasteiger partial charge in [0.15, 0.2) is 5.96 Å². The van der Waals surface area contributed by atoms with Crippen LogP contribution in [0.5, 0.6) is 5.75 Å². The van der Waals surface area contributed by atoms with Gasteiger partial charge in [-0.15, -0.1) is 6.58 Å². The second-order valence-electron chi connectivity index (χ2n) is 6.32. The van der Waals surface area contributed by atoms with Crippen molar-refractivity contribution < 1.29 is 4.74 Å². The quantitative estimate of drug-likeness (QED) is 0.443. The zero-order chi connectivity index (χ0) is 18.1. The first-order valence-corrected chi connectivity index (χ1v) is 9.21. The molecular weight excluding hydrogens is 336 g/mol. The van der Waals surface area contributed by atoms with Crippen LogP contribution in [0.15, 0.2) is 41.9 Å². The number of guanidine groups is 1. The summed E-state index contributed by atoms with van der Waals surface area (Å²) in [6, 6.07) is 7.97. The van der Waals surface area contributed by atoms with E-state index in [4.69, 9.17) is 16.3 Å². The van der Waals surface area contributed by atoms with Gasteiger partial charge in [0.05, 0.1) is 11.6 Å². The minimum absolute atomic E-state index is 0.0205. The predicted octanol–water partition coefficient (Wildman–Crippen LogP) is 2.92. The van der Waals surface area contributed by atoms with Crippen LogP contribution in [-0.2, 0) is 0 Å². The summed E-state index contributed by atoms with van der Waals surface area (Å²) < 4.78 is 5.88. The number of hydrogen-bond acceptors (Lipinski definition) is 3. The minimum atomic E-state index is -0.0205. The van der Waals surface area contributed by atoms with E-state index in [2.05, 4.69) is 27.1 Å². The Balaban J connectivity index is 1.73. The number of benzene rings is 1. The summed E-state index contributed by atoms with van der Waals surface area (Å²) >= 11 is 6.13. The molecule has 6 heteroatoms. The summed E-state index contributed by atoms with van der Waals surface area (Å²) in [6.07, 6.45) is 4.17. The van der Waals surface area contributed by atoms with Crippen LogP contribution >= 0.6 is 11.6 Å². The molecule has 0 radical (unpaired) electrons. The van der Waals surface area contributed by atoms with Crippen molar-refractivity contribution in [2.75, 3.05) is 33.2 Å². The van der Waals surface area contributed by atoms with Gasteiger partial charge in [-0.2, -0.15) is 0 Å². The maximum Gasteiger partial charge on any atom is 0.191 e. The van der Waals surface area contributed by atoms with Crippen LogP contribution in [0.2, 0.25) is 5.02 Å². The molecule has 1 aromatic rings. The molecule has 1 atom stereocenters. The Morgan fingerprint density at radius 1 is 1.44 bits per heavy atom. The fourth-order valence-corrected chi connectivity index (χ4v) is 3.05. The molecule has 1 saturated heterocycles. The Morgan fingerprint density at radius 3 is 2.80 bits per heavy atom. The number of hydrogen-bond donors (Lipinski definition) is 2. The van der Waals surface area contributed by atoms with Gasteiger partial charge < -0.3 is 15.4 Å². The summed E-state index contributed by atoms with van der Waals surface area (Å²) in [5.74, 6) is 1.52. The van der Waals surface area contributed by atoms with Gasteiger partial charge in [0.1, 0.15) is 11.9 Å².